The molecule has 0 aromatic rings. The average Bonchev–Trinajstić information content (AvgIpc) is 1.90. The van der Waals surface area contributed by atoms with Crippen LogP contribution >= 0.6 is 0 Å². The number of methoxy groups -OCH3 is 1. The Kier molecular flexibility index (Phi) is 4.58. The number of hydrogen-bond donors (Lipinski definition) is 1. The van der Waals surface area contributed by atoms with Crippen LogP contribution in [0.3, 0.4) is 0 Å². The van der Waals surface area contributed by atoms with Gasteiger partial charge in [-0.1, -0.05) is 6.92 Å². The predicted molar refractivity (Wildman–Crippen MR) is 37.9 cm³/mol. The summed E-state index contributed by atoms with van der Waals surface area (Å²) in [5.74, 6) is -0.935. The lowest BCUT2D eigenvalue weighted by molar-refractivity contribution is -0.131. The van der Waals surface area contributed by atoms with Crippen molar-refractivity contribution in [3.8, 4) is 0 Å². The minimum Gasteiger partial charge on any atom is -0.478 e. The van der Waals surface area contributed by atoms with E-state index in [0.29, 0.717) is 0 Å². The van der Waals surface area contributed by atoms with Gasteiger partial charge in [0.05, 0.1) is 6.10 Å². The van der Waals surface area contributed by atoms with E-state index in [0.717, 1.165) is 12.5 Å². The Morgan fingerprint density at radius 3 is 2.70 bits per heavy atom. The van der Waals surface area contributed by atoms with Gasteiger partial charge in [-0.05, 0) is 12.5 Å². The van der Waals surface area contributed by atoms with Crippen molar-refractivity contribution in [3.63, 3.8) is 0 Å². The molecule has 0 radical (unpaired) electrons. The second kappa shape index (κ2) is 4.99. The van der Waals surface area contributed by atoms with Crippen molar-refractivity contribution < 1.29 is 14.6 Å². The minimum atomic E-state index is -0.935. The van der Waals surface area contributed by atoms with Gasteiger partial charge in [0.25, 0.3) is 0 Å². The molecule has 0 heterocycles. The van der Waals surface area contributed by atoms with E-state index in [1.165, 1.54) is 6.08 Å². The molecule has 0 spiro atoms. The summed E-state index contributed by atoms with van der Waals surface area (Å²) in [6, 6.07) is 0. The molecule has 1 atom stereocenters. The number of rotatable bonds is 4. The maximum atomic E-state index is 9.99. The summed E-state index contributed by atoms with van der Waals surface area (Å²) in [7, 11) is 1.56. The molecule has 0 rings (SSSR count). The maximum Gasteiger partial charge on any atom is 0.328 e. The molecule has 0 saturated carbocycles. The third kappa shape index (κ3) is 4.09. The largest absolute Gasteiger partial charge is 0.478 e. The lowest BCUT2D eigenvalue weighted by Gasteiger charge is -2.04. The third-order valence-corrected chi connectivity index (χ3v) is 1.16. The van der Waals surface area contributed by atoms with Crippen molar-refractivity contribution in [1.29, 1.82) is 0 Å². The van der Waals surface area contributed by atoms with Crippen molar-refractivity contribution in [1.82, 2.24) is 0 Å². The van der Waals surface area contributed by atoms with Crippen LogP contribution in [0.15, 0.2) is 12.2 Å². The van der Waals surface area contributed by atoms with E-state index in [1.54, 1.807) is 7.11 Å². The molecule has 3 heteroatoms. The van der Waals surface area contributed by atoms with Gasteiger partial charge in [0.1, 0.15) is 0 Å². The highest BCUT2D eigenvalue weighted by molar-refractivity contribution is 5.79. The van der Waals surface area contributed by atoms with Crippen LogP contribution in [0.25, 0.3) is 0 Å². The summed E-state index contributed by atoms with van der Waals surface area (Å²) in [4.78, 5) is 9.99. The lowest BCUT2D eigenvalue weighted by Crippen LogP contribution is -2.05. The minimum absolute atomic E-state index is 0.0731. The first-order chi connectivity index (χ1) is 4.70. The normalized spacial score (nSPS) is 13.8. The van der Waals surface area contributed by atoms with Gasteiger partial charge in [-0.3, -0.25) is 0 Å². The zero-order chi connectivity index (χ0) is 7.98. The van der Waals surface area contributed by atoms with E-state index in [9.17, 15) is 4.79 Å². The highest BCUT2D eigenvalue weighted by Gasteiger charge is 1.97. The van der Waals surface area contributed by atoms with Crippen molar-refractivity contribution in [2.24, 2.45) is 0 Å². The molecule has 3 nitrogen and oxygen atoms in total. The van der Waals surface area contributed by atoms with Crippen molar-refractivity contribution >= 4 is 5.97 Å². The molecule has 10 heavy (non-hydrogen) atoms. The van der Waals surface area contributed by atoms with Gasteiger partial charge in [0.15, 0.2) is 0 Å². The molecule has 0 saturated heterocycles. The SMILES string of the molecule is CCC(/C=C/C(=O)O)OC. The van der Waals surface area contributed by atoms with Crippen LogP contribution in [0.1, 0.15) is 13.3 Å². The maximum absolute atomic E-state index is 9.99. The Morgan fingerprint density at radius 2 is 2.40 bits per heavy atom. The van der Waals surface area contributed by atoms with E-state index >= 15 is 0 Å². The van der Waals surface area contributed by atoms with Gasteiger partial charge in [-0.25, -0.2) is 4.79 Å². The number of ether oxygens (including phenoxy) is 1. The number of carbonyl (C=O) groups is 1. The zero-order valence-corrected chi connectivity index (χ0v) is 6.20. The molecule has 58 valence electrons. The first kappa shape index (κ1) is 9.17. The Bertz CT molecular complexity index is 125. The lowest BCUT2D eigenvalue weighted by atomic mass is 10.2. The average molecular weight is 144 g/mol. The van der Waals surface area contributed by atoms with Gasteiger partial charge in [-0.2, -0.15) is 0 Å². The second-order valence-electron chi connectivity index (χ2n) is 1.88. The number of hydrogen-bond acceptors (Lipinski definition) is 2. The standard InChI is InChI=1S/C7H12O3/c1-3-6(10-2)4-5-7(8)9/h4-6H,3H2,1-2H3,(H,8,9)/b5-4+. The van der Waals surface area contributed by atoms with Crippen LogP contribution in [0.2, 0.25) is 0 Å². The van der Waals surface area contributed by atoms with Crippen molar-refractivity contribution in [2.45, 2.75) is 19.4 Å². The van der Waals surface area contributed by atoms with Crippen LogP contribution < -0.4 is 0 Å². The topological polar surface area (TPSA) is 46.5 Å². The molecule has 0 aromatic heterocycles. The van der Waals surface area contributed by atoms with E-state index in [4.69, 9.17) is 9.84 Å². The summed E-state index contributed by atoms with van der Waals surface area (Å²) in [6.45, 7) is 1.93. The highest BCUT2D eigenvalue weighted by Crippen LogP contribution is 1.96. The monoisotopic (exact) mass is 144 g/mol. The van der Waals surface area contributed by atoms with Crippen LogP contribution in [0.5, 0.6) is 0 Å². The molecule has 1 unspecified atom stereocenters. The summed E-state index contributed by atoms with van der Waals surface area (Å²) >= 11 is 0. The zero-order valence-electron chi connectivity index (χ0n) is 6.20. The number of carboxylic acid groups (broad SMARTS) is 1. The van der Waals surface area contributed by atoms with Crippen molar-refractivity contribution in [3.05, 3.63) is 12.2 Å². The molecular formula is C7H12O3. The Hall–Kier alpha value is -0.830. The Labute approximate surface area is 60.3 Å². The van der Waals surface area contributed by atoms with Gasteiger partial charge >= 0.3 is 5.97 Å². The summed E-state index contributed by atoms with van der Waals surface area (Å²) < 4.78 is 4.90. The molecule has 0 amide bonds. The first-order valence-electron chi connectivity index (χ1n) is 3.14. The van der Waals surface area contributed by atoms with E-state index in [1.807, 2.05) is 6.92 Å². The van der Waals surface area contributed by atoms with Crippen molar-refractivity contribution in [2.75, 3.05) is 7.11 Å². The summed E-state index contributed by atoms with van der Waals surface area (Å²) in [5, 5.41) is 8.21. The van der Waals surface area contributed by atoms with Crippen LogP contribution in [0, 0.1) is 0 Å². The van der Waals surface area contributed by atoms with E-state index < -0.39 is 5.97 Å². The van der Waals surface area contributed by atoms with Gasteiger partial charge < -0.3 is 9.84 Å². The summed E-state index contributed by atoms with van der Waals surface area (Å²) in [6.07, 6.45) is 3.34. The van der Waals surface area contributed by atoms with Gasteiger partial charge in [0.2, 0.25) is 0 Å². The van der Waals surface area contributed by atoms with Crippen LogP contribution in [0.4, 0.5) is 0 Å². The molecular weight excluding hydrogens is 132 g/mol. The quantitative estimate of drug-likeness (QED) is 0.600. The fourth-order valence-electron chi connectivity index (χ4n) is 0.571. The molecule has 0 aliphatic heterocycles. The molecule has 0 aliphatic carbocycles. The van der Waals surface area contributed by atoms with Crippen LogP contribution in [-0.2, 0) is 9.53 Å². The highest BCUT2D eigenvalue weighted by atomic mass is 16.5. The number of carboxylic acids is 1. The van der Waals surface area contributed by atoms with Gasteiger partial charge in [0, 0.05) is 13.2 Å². The Balaban J connectivity index is 3.72. The second-order valence-corrected chi connectivity index (χ2v) is 1.88. The molecule has 0 fully saturated rings. The summed E-state index contributed by atoms with van der Waals surface area (Å²) in [5.41, 5.74) is 0. The predicted octanol–water partition coefficient (Wildman–Crippen LogP) is 1.05. The Morgan fingerprint density at radius 1 is 1.80 bits per heavy atom. The fourth-order valence-corrected chi connectivity index (χ4v) is 0.571. The molecule has 1 N–H and O–H groups in total. The van der Waals surface area contributed by atoms with Crippen LogP contribution in [-0.4, -0.2) is 24.3 Å². The molecule has 0 bridgehead atoms. The van der Waals surface area contributed by atoms with E-state index in [2.05, 4.69) is 0 Å². The first-order valence-corrected chi connectivity index (χ1v) is 3.14. The smallest absolute Gasteiger partial charge is 0.328 e. The molecule has 0 aliphatic rings. The fraction of sp³-hybridized carbons (Fsp3) is 0.571. The number of aliphatic carboxylic acids is 1. The molecule has 0 aromatic carbocycles. The van der Waals surface area contributed by atoms with Gasteiger partial charge in [-0.15, -0.1) is 0 Å². The third-order valence-electron chi connectivity index (χ3n) is 1.16. The van der Waals surface area contributed by atoms with E-state index in [-0.39, 0.29) is 6.10 Å².